The second kappa shape index (κ2) is 9.90. The summed E-state index contributed by atoms with van der Waals surface area (Å²) < 4.78 is 9.89. The molecule has 1 aromatic rings. The zero-order chi connectivity index (χ0) is 16.4. The molecule has 6 nitrogen and oxygen atoms in total. The molecule has 1 N–H and O–H groups in total. The summed E-state index contributed by atoms with van der Waals surface area (Å²) in [5.41, 5.74) is 2.84. The van der Waals surface area contributed by atoms with Gasteiger partial charge < -0.3 is 9.47 Å². The predicted molar refractivity (Wildman–Crippen MR) is 84.7 cm³/mol. The standard InChI is InChI=1S/C14H14Cl2N2O4/c1-3-5-21-14-11(15)6-10(7-12(14)16)17-9-18-22-8-13(19)20-4-2/h1,6-7,9H,4-5,8H2,2H3,(H,17,18). The summed E-state index contributed by atoms with van der Waals surface area (Å²) in [5, 5.41) is 0.560. The van der Waals surface area contributed by atoms with E-state index in [1.807, 2.05) is 0 Å². The predicted octanol–water partition coefficient (Wildman–Crippen LogP) is 2.75. The number of nitrogens with zero attached hydrogens (tertiary/aromatic N) is 1. The highest BCUT2D eigenvalue weighted by Gasteiger charge is 2.09. The van der Waals surface area contributed by atoms with Gasteiger partial charge in [-0.1, -0.05) is 29.1 Å². The number of nitrogens with one attached hydrogen (secondary N) is 1. The SMILES string of the molecule is C#CCOc1c(Cl)cc(N=CNOCC(=O)OCC)cc1Cl. The summed E-state index contributed by atoms with van der Waals surface area (Å²) in [6.07, 6.45) is 6.34. The summed E-state index contributed by atoms with van der Waals surface area (Å²) in [5.74, 6) is 2.13. The molecule has 0 aromatic heterocycles. The lowest BCUT2D eigenvalue weighted by Gasteiger charge is -2.08. The van der Waals surface area contributed by atoms with Crippen molar-refractivity contribution < 1.29 is 19.1 Å². The van der Waals surface area contributed by atoms with E-state index in [1.54, 1.807) is 19.1 Å². The van der Waals surface area contributed by atoms with E-state index in [0.29, 0.717) is 18.0 Å². The number of carbonyl (C=O) groups excluding carboxylic acids is 1. The molecule has 0 atom stereocenters. The number of carbonyl (C=O) groups is 1. The Bertz CT molecular complexity index is 562. The fourth-order valence-electron chi connectivity index (χ4n) is 1.31. The molecule has 1 rings (SSSR count). The molecule has 0 aliphatic heterocycles. The number of hydrogen-bond acceptors (Lipinski definition) is 5. The Morgan fingerprint density at radius 3 is 2.73 bits per heavy atom. The normalized spacial score (nSPS) is 10.3. The van der Waals surface area contributed by atoms with Crippen LogP contribution in [0.15, 0.2) is 17.1 Å². The van der Waals surface area contributed by atoms with E-state index in [4.69, 9.17) is 39.2 Å². The third-order valence-corrected chi connectivity index (χ3v) is 2.69. The second-order valence-corrected chi connectivity index (χ2v) is 4.52. The van der Waals surface area contributed by atoms with E-state index in [-0.39, 0.29) is 23.3 Å². The first-order chi connectivity index (χ1) is 10.6. The number of halogens is 2. The number of benzene rings is 1. The zero-order valence-corrected chi connectivity index (χ0v) is 13.3. The highest BCUT2D eigenvalue weighted by atomic mass is 35.5. The maximum absolute atomic E-state index is 11.0. The minimum absolute atomic E-state index is 0.0608. The molecule has 0 saturated heterocycles. The van der Waals surface area contributed by atoms with Crippen LogP contribution in [0, 0.1) is 12.3 Å². The molecule has 8 heteroatoms. The fourth-order valence-corrected chi connectivity index (χ4v) is 1.90. The summed E-state index contributed by atoms with van der Waals surface area (Å²) >= 11 is 12.0. The molecule has 22 heavy (non-hydrogen) atoms. The van der Waals surface area contributed by atoms with E-state index in [0.717, 1.165) is 0 Å². The second-order valence-electron chi connectivity index (χ2n) is 3.70. The number of hydroxylamine groups is 1. The monoisotopic (exact) mass is 344 g/mol. The first-order valence-electron chi connectivity index (χ1n) is 6.19. The van der Waals surface area contributed by atoms with Crippen LogP contribution in [0.25, 0.3) is 0 Å². The van der Waals surface area contributed by atoms with Gasteiger partial charge >= 0.3 is 5.97 Å². The van der Waals surface area contributed by atoms with E-state index in [1.165, 1.54) is 6.34 Å². The number of terminal acetylenes is 1. The minimum atomic E-state index is -0.482. The van der Waals surface area contributed by atoms with Crippen molar-refractivity contribution in [2.75, 3.05) is 19.8 Å². The molecule has 0 saturated carbocycles. The van der Waals surface area contributed by atoms with Crippen LogP contribution < -0.4 is 10.2 Å². The lowest BCUT2D eigenvalue weighted by atomic mass is 10.3. The van der Waals surface area contributed by atoms with Crippen molar-refractivity contribution in [3.63, 3.8) is 0 Å². The Morgan fingerprint density at radius 2 is 2.14 bits per heavy atom. The smallest absolute Gasteiger partial charge is 0.334 e. The van der Waals surface area contributed by atoms with Gasteiger partial charge in [0.05, 0.1) is 22.3 Å². The molecule has 118 valence electrons. The van der Waals surface area contributed by atoms with Crippen LogP contribution in [-0.4, -0.2) is 32.1 Å². The maximum atomic E-state index is 11.0. The quantitative estimate of drug-likeness (QED) is 0.196. The number of rotatable bonds is 8. The lowest BCUT2D eigenvalue weighted by molar-refractivity contribution is -0.149. The first-order valence-corrected chi connectivity index (χ1v) is 6.94. The molecule has 0 radical (unpaired) electrons. The van der Waals surface area contributed by atoms with Gasteiger partial charge in [0.2, 0.25) is 0 Å². The van der Waals surface area contributed by atoms with Gasteiger partial charge in [0.25, 0.3) is 0 Å². The molecule has 0 spiro atoms. The molecular formula is C14H14Cl2N2O4. The van der Waals surface area contributed by atoms with Crippen molar-refractivity contribution >= 4 is 41.2 Å². The largest absolute Gasteiger partial charge is 0.478 e. The number of hydrogen-bond donors (Lipinski definition) is 1. The van der Waals surface area contributed by atoms with Gasteiger partial charge in [-0.2, -0.15) is 0 Å². The van der Waals surface area contributed by atoms with Crippen LogP contribution in [0.2, 0.25) is 10.0 Å². The first kappa shape index (κ1) is 18.1. The van der Waals surface area contributed by atoms with Gasteiger partial charge in [-0.05, 0) is 19.1 Å². The van der Waals surface area contributed by atoms with Crippen molar-refractivity contribution in [1.29, 1.82) is 0 Å². The van der Waals surface area contributed by atoms with Gasteiger partial charge in [0.1, 0.15) is 12.9 Å². The van der Waals surface area contributed by atoms with Crippen LogP contribution in [0.4, 0.5) is 5.69 Å². The Balaban J connectivity index is 2.54. The fraction of sp³-hybridized carbons (Fsp3) is 0.286. The number of ether oxygens (including phenoxy) is 2. The van der Waals surface area contributed by atoms with E-state index in [9.17, 15) is 4.79 Å². The van der Waals surface area contributed by atoms with Crippen LogP contribution in [0.1, 0.15) is 6.92 Å². The Morgan fingerprint density at radius 1 is 1.45 bits per heavy atom. The zero-order valence-electron chi connectivity index (χ0n) is 11.8. The highest BCUT2D eigenvalue weighted by molar-refractivity contribution is 6.37. The van der Waals surface area contributed by atoms with Gasteiger partial charge in [-0.25, -0.2) is 9.79 Å². The van der Waals surface area contributed by atoms with E-state index in [2.05, 4.69) is 21.1 Å². The topological polar surface area (TPSA) is 69.1 Å². The molecule has 0 aliphatic carbocycles. The molecule has 0 fully saturated rings. The minimum Gasteiger partial charge on any atom is -0.478 e. The van der Waals surface area contributed by atoms with E-state index >= 15 is 0 Å². The molecule has 1 aromatic carbocycles. The summed E-state index contributed by atoms with van der Waals surface area (Å²) in [7, 11) is 0. The lowest BCUT2D eigenvalue weighted by Crippen LogP contribution is -2.20. The van der Waals surface area contributed by atoms with Crippen LogP contribution in [0.3, 0.4) is 0 Å². The Kier molecular flexibility index (Phi) is 8.15. The van der Waals surface area contributed by atoms with E-state index < -0.39 is 5.97 Å². The average Bonchev–Trinajstić information content (AvgIpc) is 2.46. The maximum Gasteiger partial charge on any atom is 0.334 e. The molecule has 0 heterocycles. The number of aliphatic imine (C=N–C) groups is 1. The highest BCUT2D eigenvalue weighted by Crippen LogP contribution is 2.36. The molecule has 0 unspecified atom stereocenters. The summed E-state index contributed by atoms with van der Waals surface area (Å²) in [6, 6.07) is 3.09. The van der Waals surface area contributed by atoms with Crippen molar-refractivity contribution in [2.45, 2.75) is 6.92 Å². The molecule has 0 bridgehead atoms. The van der Waals surface area contributed by atoms with Crippen LogP contribution >= 0.6 is 23.2 Å². The van der Waals surface area contributed by atoms with Crippen molar-refractivity contribution in [3.8, 4) is 18.1 Å². The van der Waals surface area contributed by atoms with Gasteiger partial charge in [-0.3, -0.25) is 10.3 Å². The number of esters is 1. The van der Waals surface area contributed by atoms with Crippen molar-refractivity contribution in [1.82, 2.24) is 5.48 Å². The van der Waals surface area contributed by atoms with Gasteiger partial charge in [0.15, 0.2) is 12.4 Å². The van der Waals surface area contributed by atoms with Crippen LogP contribution in [-0.2, 0) is 14.4 Å². The summed E-state index contributed by atoms with van der Waals surface area (Å²) in [4.78, 5) is 19.8. The summed E-state index contributed by atoms with van der Waals surface area (Å²) in [6.45, 7) is 1.82. The van der Waals surface area contributed by atoms with Gasteiger partial charge in [-0.15, -0.1) is 6.42 Å². The molecular weight excluding hydrogens is 331 g/mol. The van der Waals surface area contributed by atoms with Gasteiger partial charge in [0, 0.05) is 0 Å². The Hall–Kier alpha value is -1.94. The third-order valence-electron chi connectivity index (χ3n) is 2.13. The van der Waals surface area contributed by atoms with Crippen molar-refractivity contribution in [3.05, 3.63) is 22.2 Å². The Labute approximate surface area is 138 Å². The molecule has 0 aliphatic rings. The van der Waals surface area contributed by atoms with Crippen molar-refractivity contribution in [2.24, 2.45) is 4.99 Å². The average molecular weight is 345 g/mol. The third kappa shape index (κ3) is 6.22. The van der Waals surface area contributed by atoms with Crippen LogP contribution in [0.5, 0.6) is 5.75 Å². The molecule has 0 amide bonds.